The maximum atomic E-state index is 13.3. The lowest BCUT2D eigenvalue weighted by atomic mass is 9.91. The number of aliphatic imine (C=N–C) groups is 1. The van der Waals surface area contributed by atoms with Crippen molar-refractivity contribution >= 4 is 24.4 Å². The summed E-state index contributed by atoms with van der Waals surface area (Å²) in [4.78, 5) is 33.6. The second-order valence-corrected chi connectivity index (χ2v) is 9.92. The molecule has 9 nitrogen and oxygen atoms in total. The van der Waals surface area contributed by atoms with Gasteiger partial charge in [0.2, 0.25) is 11.9 Å². The molecule has 3 aliphatic heterocycles. The smallest absolute Gasteiger partial charge is 0.248 e. The fraction of sp³-hybridized carbons (Fsp3) is 0.600. The van der Waals surface area contributed by atoms with Crippen LogP contribution in [0.1, 0.15) is 44.6 Å². The second-order valence-electron chi connectivity index (χ2n) is 9.92. The van der Waals surface area contributed by atoms with E-state index in [1.807, 2.05) is 24.2 Å². The number of allylic oxidation sites excluding steroid dienone is 3. The molecule has 0 radical (unpaired) electrons. The van der Waals surface area contributed by atoms with Crippen molar-refractivity contribution in [2.24, 2.45) is 4.99 Å². The summed E-state index contributed by atoms with van der Waals surface area (Å²) in [6.07, 6.45) is 12.0. The van der Waals surface area contributed by atoms with Gasteiger partial charge in [0.05, 0.1) is 0 Å². The van der Waals surface area contributed by atoms with Gasteiger partial charge in [0.25, 0.3) is 0 Å². The van der Waals surface area contributed by atoms with Crippen molar-refractivity contribution in [2.45, 2.75) is 57.0 Å². The molecular formula is C25H36N8O. The number of amides is 1. The van der Waals surface area contributed by atoms with Crippen LogP contribution in [0, 0.1) is 0 Å². The topological polar surface area (TPSA) is 89.0 Å². The van der Waals surface area contributed by atoms with Crippen molar-refractivity contribution in [1.82, 2.24) is 25.1 Å². The Morgan fingerprint density at radius 2 is 2.03 bits per heavy atom. The zero-order valence-corrected chi connectivity index (χ0v) is 20.4. The number of likely N-dealkylation sites (N-methyl/N-ethyl adjacent to an activating group) is 1. The van der Waals surface area contributed by atoms with E-state index in [9.17, 15) is 4.79 Å². The molecule has 5 rings (SSSR count). The molecule has 4 heterocycles. The van der Waals surface area contributed by atoms with Crippen LogP contribution in [0.2, 0.25) is 0 Å². The SMILES string of the molecule is C=N/C(=C\C=C(/C)N1CCNCC1)Nc1ncc2c(n1)N(C1CCCC1)C1(CCN(C)C1=O)C2. The lowest BCUT2D eigenvalue weighted by Crippen LogP contribution is -2.56. The minimum absolute atomic E-state index is 0.216. The zero-order chi connectivity index (χ0) is 23.7. The molecule has 2 saturated heterocycles. The van der Waals surface area contributed by atoms with Gasteiger partial charge in [-0.1, -0.05) is 12.8 Å². The van der Waals surface area contributed by atoms with Crippen molar-refractivity contribution in [3.63, 3.8) is 0 Å². The number of rotatable bonds is 6. The van der Waals surface area contributed by atoms with Crippen molar-refractivity contribution < 1.29 is 4.79 Å². The minimum atomic E-state index is -0.502. The van der Waals surface area contributed by atoms with E-state index in [4.69, 9.17) is 4.98 Å². The molecule has 34 heavy (non-hydrogen) atoms. The lowest BCUT2D eigenvalue weighted by molar-refractivity contribution is -0.131. The van der Waals surface area contributed by atoms with Gasteiger partial charge in [-0.2, -0.15) is 4.98 Å². The fourth-order valence-corrected chi connectivity index (χ4v) is 5.95. The number of aromatic nitrogens is 2. The van der Waals surface area contributed by atoms with E-state index >= 15 is 0 Å². The number of piperazine rings is 1. The standard InChI is InChI=1S/C25H36N8O/c1-18(32-14-11-27-12-15-32)8-9-21(26-2)29-24-28-17-19-16-25(10-13-31(3)23(25)34)33(22(19)30-24)20-6-4-5-7-20/h8-9,17,20,27H,2,4-7,10-16H2,1,3H3,(H,28,29,30)/b18-8+,21-9+. The summed E-state index contributed by atoms with van der Waals surface area (Å²) < 4.78 is 0. The maximum Gasteiger partial charge on any atom is 0.248 e. The van der Waals surface area contributed by atoms with Crippen LogP contribution in [0.15, 0.2) is 34.9 Å². The van der Waals surface area contributed by atoms with E-state index in [1.54, 1.807) is 0 Å². The van der Waals surface area contributed by atoms with Crippen LogP contribution in [-0.4, -0.2) is 83.7 Å². The Labute approximate surface area is 202 Å². The van der Waals surface area contributed by atoms with E-state index in [1.165, 1.54) is 18.5 Å². The summed E-state index contributed by atoms with van der Waals surface area (Å²) in [6.45, 7) is 10.6. The van der Waals surface area contributed by atoms with Crippen LogP contribution in [-0.2, 0) is 11.2 Å². The number of hydrogen-bond acceptors (Lipinski definition) is 8. The van der Waals surface area contributed by atoms with E-state index in [0.717, 1.165) is 63.4 Å². The minimum Gasteiger partial charge on any atom is -0.372 e. The molecule has 1 atom stereocenters. The Morgan fingerprint density at radius 3 is 2.71 bits per heavy atom. The number of carbonyl (C=O) groups excluding carboxylic acids is 1. The monoisotopic (exact) mass is 464 g/mol. The Hall–Kier alpha value is -2.94. The van der Waals surface area contributed by atoms with Gasteiger partial charge in [0, 0.05) is 69.7 Å². The van der Waals surface area contributed by atoms with E-state index in [2.05, 4.69) is 50.1 Å². The Kier molecular flexibility index (Phi) is 6.29. The number of nitrogens with one attached hydrogen (secondary N) is 2. The average molecular weight is 465 g/mol. The van der Waals surface area contributed by atoms with Crippen LogP contribution >= 0.6 is 0 Å². The zero-order valence-electron chi connectivity index (χ0n) is 20.4. The Balaban J connectivity index is 1.40. The number of nitrogens with zero attached hydrogens (tertiary/aromatic N) is 6. The predicted octanol–water partition coefficient (Wildman–Crippen LogP) is 2.15. The molecule has 1 saturated carbocycles. The summed E-state index contributed by atoms with van der Waals surface area (Å²) in [6, 6.07) is 0.358. The van der Waals surface area contributed by atoms with Crippen LogP contribution in [0.5, 0.6) is 0 Å². The van der Waals surface area contributed by atoms with E-state index in [-0.39, 0.29) is 5.91 Å². The fourth-order valence-electron chi connectivity index (χ4n) is 5.95. The lowest BCUT2D eigenvalue weighted by Gasteiger charge is -2.39. The molecule has 1 unspecified atom stereocenters. The molecule has 2 N–H and O–H groups in total. The van der Waals surface area contributed by atoms with E-state index < -0.39 is 5.54 Å². The molecule has 1 amide bonds. The second kappa shape index (κ2) is 9.37. The highest BCUT2D eigenvalue weighted by Gasteiger charge is 2.57. The molecule has 9 heteroatoms. The third-order valence-corrected chi connectivity index (χ3v) is 7.82. The highest BCUT2D eigenvalue weighted by molar-refractivity contribution is 5.94. The van der Waals surface area contributed by atoms with Crippen molar-refractivity contribution in [2.75, 3.05) is 50.0 Å². The van der Waals surface area contributed by atoms with Gasteiger partial charge >= 0.3 is 0 Å². The number of anilines is 2. The highest BCUT2D eigenvalue weighted by Crippen LogP contribution is 2.47. The van der Waals surface area contributed by atoms with Crippen LogP contribution in [0.4, 0.5) is 11.8 Å². The number of carbonyl (C=O) groups is 1. The van der Waals surface area contributed by atoms with Gasteiger partial charge in [-0.25, -0.2) is 9.98 Å². The van der Waals surface area contributed by atoms with Gasteiger partial charge in [-0.3, -0.25) is 4.79 Å². The summed E-state index contributed by atoms with van der Waals surface area (Å²) in [7, 11) is 1.91. The van der Waals surface area contributed by atoms with Gasteiger partial charge in [-0.15, -0.1) is 0 Å². The predicted molar refractivity (Wildman–Crippen MR) is 135 cm³/mol. The van der Waals surface area contributed by atoms with E-state index in [0.29, 0.717) is 24.2 Å². The molecule has 182 valence electrons. The molecule has 1 aromatic rings. The Morgan fingerprint density at radius 1 is 1.26 bits per heavy atom. The summed E-state index contributed by atoms with van der Waals surface area (Å²) >= 11 is 0. The first-order chi connectivity index (χ1) is 16.5. The summed E-state index contributed by atoms with van der Waals surface area (Å²) in [5, 5.41) is 6.62. The molecule has 1 aromatic heterocycles. The molecule has 4 aliphatic rings. The first kappa shape index (κ1) is 22.8. The van der Waals surface area contributed by atoms with Gasteiger partial charge in [-0.05, 0) is 45.1 Å². The van der Waals surface area contributed by atoms with Crippen molar-refractivity contribution in [3.05, 3.63) is 35.4 Å². The molecule has 1 spiro atoms. The van der Waals surface area contributed by atoms with Gasteiger partial charge in [0.1, 0.15) is 17.2 Å². The van der Waals surface area contributed by atoms with Crippen molar-refractivity contribution in [3.8, 4) is 0 Å². The largest absolute Gasteiger partial charge is 0.372 e. The van der Waals surface area contributed by atoms with Crippen LogP contribution in [0.25, 0.3) is 0 Å². The number of likely N-dealkylation sites (tertiary alicyclic amines) is 1. The first-order valence-electron chi connectivity index (χ1n) is 12.5. The molecule has 0 bridgehead atoms. The highest BCUT2D eigenvalue weighted by atomic mass is 16.2. The Bertz CT molecular complexity index is 1010. The third-order valence-electron chi connectivity index (χ3n) is 7.82. The average Bonchev–Trinajstić information content (AvgIpc) is 3.57. The molecule has 0 aromatic carbocycles. The number of hydrogen-bond donors (Lipinski definition) is 2. The number of fused-ring (bicyclic) bond motifs is 1. The van der Waals surface area contributed by atoms with Crippen molar-refractivity contribution in [1.29, 1.82) is 0 Å². The molecule has 3 fully saturated rings. The first-order valence-corrected chi connectivity index (χ1v) is 12.5. The molecular weight excluding hydrogens is 428 g/mol. The van der Waals surface area contributed by atoms with Crippen LogP contribution in [0.3, 0.4) is 0 Å². The summed E-state index contributed by atoms with van der Waals surface area (Å²) in [5.41, 5.74) is 1.75. The maximum absolute atomic E-state index is 13.3. The van der Waals surface area contributed by atoms with Gasteiger partial charge in [0.15, 0.2) is 0 Å². The van der Waals surface area contributed by atoms with Gasteiger partial charge < -0.3 is 25.3 Å². The normalized spacial score (nSPS) is 26.1. The van der Waals surface area contributed by atoms with Crippen LogP contribution < -0.4 is 15.5 Å². The quantitative estimate of drug-likeness (QED) is 0.493. The third kappa shape index (κ3) is 4.06. The molecule has 1 aliphatic carbocycles. The summed E-state index contributed by atoms with van der Waals surface area (Å²) in [5.74, 6) is 2.22.